The van der Waals surface area contributed by atoms with Gasteiger partial charge in [0, 0.05) is 5.53 Å². The van der Waals surface area contributed by atoms with E-state index in [9.17, 15) is 0 Å². The number of aromatic nitrogens is 6. The van der Waals surface area contributed by atoms with Crippen molar-refractivity contribution in [3.05, 3.63) is 0 Å². The van der Waals surface area contributed by atoms with Crippen LogP contribution in [0.4, 0.5) is 0 Å². The Labute approximate surface area is 97.4 Å². The van der Waals surface area contributed by atoms with Crippen LogP contribution < -0.4 is 28.8 Å². The Bertz CT molecular complexity index is 467. The number of H-pyrrole nitrogens is 3. The first-order valence-corrected chi connectivity index (χ1v) is 4.58. The molecule has 0 fully saturated rings. The largest absolute Gasteiger partial charge is 0.298 e. The fraction of sp³-hybridized carbons (Fsp3) is 1.00. The number of fused-ring (bicyclic) bond motifs is 1. The number of hydroxylamine groups is 2. The Morgan fingerprint density at radius 3 is 2.56 bits per heavy atom. The molecule has 11 N–H and O–H groups in total. The molecule has 0 unspecified atom stereocenters. The van der Waals surface area contributed by atoms with E-state index in [4.69, 9.17) is 22.3 Å². The number of hydrogen-bond donors (Lipinski definition) is 8. The van der Waals surface area contributed by atoms with E-state index in [1.165, 1.54) is 14.5 Å². The predicted molar refractivity (Wildman–Crippen MR) is 50.1 cm³/mol. The summed E-state index contributed by atoms with van der Waals surface area (Å²) < 4.78 is 4.78. The van der Waals surface area contributed by atoms with Crippen molar-refractivity contribution < 1.29 is 24.3 Å². The number of quaternary nitrogens is 1. The van der Waals surface area contributed by atoms with Gasteiger partial charge in [-0.15, -0.1) is 5.21 Å². The quantitative estimate of drug-likeness (QED) is 0.173. The van der Waals surface area contributed by atoms with Crippen LogP contribution in [0.25, 0.3) is 0 Å². The molecule has 0 saturated carbocycles. The van der Waals surface area contributed by atoms with Gasteiger partial charge in [-0.2, -0.15) is 27.8 Å². The summed E-state index contributed by atoms with van der Waals surface area (Å²) >= 11 is 0. The second-order valence-corrected chi connectivity index (χ2v) is 2.99. The molecule has 2 aromatic heterocycles. The lowest BCUT2D eigenvalue weighted by atomic mass is 10.7. The van der Waals surface area contributed by atoms with Crippen molar-refractivity contribution in [3.8, 4) is 0 Å². The van der Waals surface area contributed by atoms with E-state index in [0.29, 0.717) is 0 Å². The lowest BCUT2D eigenvalue weighted by Gasteiger charge is -2.25. The first kappa shape index (κ1) is 12.5. The van der Waals surface area contributed by atoms with E-state index < -0.39 is 4.92 Å². The van der Waals surface area contributed by atoms with Gasteiger partial charge in [-0.1, -0.05) is 14.8 Å². The summed E-state index contributed by atoms with van der Waals surface area (Å²) in [5.74, 6) is 15.0. The lowest BCUT2D eigenvalue weighted by Crippen LogP contribution is -2.65. The molecular formula is C2H15N12O4+. The molecule has 0 bridgehead atoms. The maximum atomic E-state index is 5.06. The van der Waals surface area contributed by atoms with Crippen LogP contribution in [0.5, 0.6) is 0 Å². The standard InChI is InChI=1S/C2H15N12O4/c3-15-2-1-14(16-4,17-5)9-8-11-6-7-12-13(10-11)18-12/h6-10H,1-5H2/q+1. The Kier molecular flexibility index (Phi) is 3.59. The predicted octanol–water partition coefficient (Wildman–Crippen LogP) is -4.18. The van der Waals surface area contributed by atoms with Crippen LogP contribution >= 0.6 is 0 Å². The monoisotopic (exact) mass is 271 g/mol. The normalized spacial score (nSPS) is 12.4. The van der Waals surface area contributed by atoms with Crippen LogP contribution in [0.1, 0.15) is 0 Å². The minimum absolute atomic E-state index is 0.0457. The number of nitrogens with two attached hydrogens (primary N) is 3. The Morgan fingerprint density at radius 2 is 1.94 bits per heavy atom. The fourth-order valence-electron chi connectivity index (χ4n) is 0.976. The number of aromatic amines is 3. The van der Waals surface area contributed by atoms with Crippen LogP contribution in [-0.4, -0.2) is 48.2 Å². The van der Waals surface area contributed by atoms with Crippen molar-refractivity contribution in [1.29, 1.82) is 0 Å². The highest BCUT2D eigenvalue weighted by Crippen LogP contribution is 1.97. The van der Waals surface area contributed by atoms with E-state index in [1.807, 2.05) is 0 Å². The summed E-state index contributed by atoms with van der Waals surface area (Å²) in [7, 11) is 0. The minimum Gasteiger partial charge on any atom is -0.298 e. The molecule has 2 aromatic rings. The molecule has 0 aliphatic heterocycles. The lowest BCUT2D eigenvalue weighted by molar-refractivity contribution is -1.28. The van der Waals surface area contributed by atoms with Crippen molar-refractivity contribution in [3.63, 3.8) is 0 Å². The molecule has 16 nitrogen and oxygen atoms in total. The van der Waals surface area contributed by atoms with Crippen LogP contribution in [0.2, 0.25) is 0 Å². The molecule has 0 aromatic carbocycles. The zero-order valence-corrected chi connectivity index (χ0v) is 9.07. The van der Waals surface area contributed by atoms with E-state index in [0.717, 1.165) is 0 Å². The number of hydrogen-bond acceptors (Lipinski definition) is 9. The van der Waals surface area contributed by atoms with E-state index in [2.05, 4.69) is 41.4 Å². The van der Waals surface area contributed by atoms with Crippen LogP contribution in [-0.2, 0) is 14.7 Å². The minimum atomic E-state index is -0.846. The maximum Gasteiger partial charge on any atom is 0.194 e. The summed E-state index contributed by atoms with van der Waals surface area (Å²) in [5, 5.41) is 7.79. The summed E-state index contributed by atoms with van der Waals surface area (Å²) in [6.45, 7) is 0.106. The third kappa shape index (κ3) is 2.66. The molecule has 0 saturated heterocycles. The van der Waals surface area contributed by atoms with Gasteiger partial charge in [-0.25, -0.2) is 10.5 Å². The number of rotatable bonds is 8. The second kappa shape index (κ2) is 5.16. The van der Waals surface area contributed by atoms with Crippen LogP contribution in [0.3, 0.4) is 0 Å². The number of nitrogens with zero attached hydrogens (tertiary/aromatic N) is 4. The Balaban J connectivity index is 1.94. The molecular weight excluding hydrogens is 256 g/mol. The Morgan fingerprint density at radius 1 is 1.17 bits per heavy atom. The van der Waals surface area contributed by atoms with Crippen LogP contribution in [0.15, 0.2) is 4.63 Å². The van der Waals surface area contributed by atoms with Crippen molar-refractivity contribution >= 4 is 0 Å². The molecule has 2 heterocycles. The summed E-state index contributed by atoms with van der Waals surface area (Å²) in [6.07, 6.45) is 0. The highest BCUT2D eigenvalue weighted by molar-refractivity contribution is 4.36. The maximum absolute atomic E-state index is 5.06. The molecule has 0 atom stereocenters. The molecule has 16 heteroatoms. The van der Waals surface area contributed by atoms with Gasteiger partial charge >= 0.3 is 0 Å². The van der Waals surface area contributed by atoms with Gasteiger partial charge in [-0.3, -0.25) is 4.84 Å². The molecule has 0 spiro atoms. The van der Waals surface area contributed by atoms with Gasteiger partial charge in [0.05, 0.1) is 14.5 Å². The van der Waals surface area contributed by atoms with Gasteiger partial charge in [-0.05, 0) is 0 Å². The van der Waals surface area contributed by atoms with Crippen molar-refractivity contribution in [1.82, 2.24) is 35.7 Å². The zero-order valence-electron chi connectivity index (χ0n) is 9.07. The summed E-state index contributed by atoms with van der Waals surface area (Å²) in [4.78, 5) is 16.3. The molecule has 106 valence electrons. The highest BCUT2D eigenvalue weighted by Gasteiger charge is 2.32. The van der Waals surface area contributed by atoms with E-state index in [-0.39, 0.29) is 13.2 Å². The average molecular weight is 271 g/mol. The number of hydrazine groups is 1. The highest BCUT2D eigenvalue weighted by atomic mass is 17.1. The molecule has 2 rings (SSSR count). The van der Waals surface area contributed by atoms with Crippen LogP contribution in [0, 0.1) is 0 Å². The van der Waals surface area contributed by atoms with Crippen molar-refractivity contribution in [2.45, 2.75) is 0 Å². The van der Waals surface area contributed by atoms with Gasteiger partial charge in [0.15, 0.2) is 6.54 Å². The molecule has 0 aliphatic rings. The smallest absolute Gasteiger partial charge is 0.194 e. The molecule has 0 aliphatic carbocycles. The van der Waals surface area contributed by atoms with Gasteiger partial charge in [0.25, 0.3) is 0 Å². The third-order valence-corrected chi connectivity index (χ3v) is 1.91. The second-order valence-electron chi connectivity index (χ2n) is 2.99. The third-order valence-electron chi connectivity index (χ3n) is 1.91. The summed E-state index contributed by atoms with van der Waals surface area (Å²) in [5.41, 5.74) is 5.04. The zero-order chi connectivity index (χ0) is 13.0. The first-order chi connectivity index (χ1) is 8.73. The van der Waals surface area contributed by atoms with Crippen molar-refractivity contribution in [2.75, 3.05) is 18.7 Å². The van der Waals surface area contributed by atoms with Gasteiger partial charge in [0.1, 0.15) is 6.61 Å². The SMILES string of the molecule is NOCC[N+](NNn1[nH][nH]n2on2[nH]1)(ON)ON. The van der Waals surface area contributed by atoms with E-state index in [1.54, 1.807) is 0 Å². The molecule has 18 heavy (non-hydrogen) atoms. The van der Waals surface area contributed by atoms with Gasteiger partial charge in [0.2, 0.25) is 0 Å². The van der Waals surface area contributed by atoms with E-state index >= 15 is 0 Å². The number of nitrogens with one attached hydrogen (secondary N) is 5. The molecule has 0 radical (unpaired) electrons. The van der Waals surface area contributed by atoms with Crippen molar-refractivity contribution in [2.24, 2.45) is 17.7 Å². The fourth-order valence-corrected chi connectivity index (χ4v) is 0.976. The Hall–Kier alpha value is -1.92. The molecule has 0 amide bonds. The first-order valence-electron chi connectivity index (χ1n) is 4.58. The summed E-state index contributed by atoms with van der Waals surface area (Å²) in [6, 6.07) is 0. The topological polar surface area (TPSA) is 204 Å². The average Bonchev–Trinajstić information content (AvgIpc) is 3.18. The van der Waals surface area contributed by atoms with Gasteiger partial charge < -0.3 is 0 Å².